The summed E-state index contributed by atoms with van der Waals surface area (Å²) in [5.41, 5.74) is 8.98. The summed E-state index contributed by atoms with van der Waals surface area (Å²) in [6.07, 6.45) is 0. The van der Waals surface area contributed by atoms with E-state index < -0.39 is 0 Å². The van der Waals surface area contributed by atoms with Crippen LogP contribution in [0.2, 0.25) is 0 Å². The fourth-order valence-corrected chi connectivity index (χ4v) is 1.84. The number of nitrogens with two attached hydrogens (primary N) is 1. The summed E-state index contributed by atoms with van der Waals surface area (Å²) < 4.78 is 5.65. The molecule has 0 amide bonds. The van der Waals surface area contributed by atoms with E-state index in [-0.39, 0.29) is 0 Å². The number of nitriles is 2. The van der Waals surface area contributed by atoms with E-state index >= 15 is 0 Å². The summed E-state index contributed by atoms with van der Waals surface area (Å²) >= 11 is 0. The van der Waals surface area contributed by atoms with Crippen LogP contribution in [0.5, 0.6) is 5.75 Å². The van der Waals surface area contributed by atoms with Crippen molar-refractivity contribution in [1.82, 2.24) is 0 Å². The van der Waals surface area contributed by atoms with Crippen molar-refractivity contribution in [3.05, 3.63) is 58.7 Å². The molecule has 0 saturated carbocycles. The first-order valence-electron chi connectivity index (χ1n) is 6.06. The maximum absolute atomic E-state index is 9.00. The Morgan fingerprint density at radius 3 is 2.65 bits per heavy atom. The lowest BCUT2D eigenvalue weighted by atomic mass is 10.1. The summed E-state index contributed by atoms with van der Waals surface area (Å²) in [6.45, 7) is 2.17. The summed E-state index contributed by atoms with van der Waals surface area (Å²) in [5.74, 6) is 0.593. The number of aryl methyl sites for hydroxylation is 1. The molecule has 4 nitrogen and oxygen atoms in total. The number of hydrogen-bond donors (Lipinski definition) is 1. The van der Waals surface area contributed by atoms with E-state index in [0.717, 1.165) is 11.1 Å². The Bertz CT molecular complexity index is 723. The average Bonchev–Trinajstić information content (AvgIpc) is 2.48. The lowest BCUT2D eigenvalue weighted by Gasteiger charge is -2.10. The van der Waals surface area contributed by atoms with Gasteiger partial charge in [0.1, 0.15) is 18.4 Å². The van der Waals surface area contributed by atoms with Gasteiger partial charge in [-0.05, 0) is 36.2 Å². The van der Waals surface area contributed by atoms with Gasteiger partial charge >= 0.3 is 0 Å². The molecule has 0 bridgehead atoms. The van der Waals surface area contributed by atoms with Gasteiger partial charge in [-0.15, -0.1) is 0 Å². The molecule has 2 aromatic carbocycles. The lowest BCUT2D eigenvalue weighted by molar-refractivity contribution is 0.306. The highest BCUT2D eigenvalue weighted by atomic mass is 16.5. The van der Waals surface area contributed by atoms with E-state index in [1.807, 2.05) is 25.1 Å². The SMILES string of the molecule is Cc1cc(OCc2cccc(C#N)c2)cc(C#N)c1N. The van der Waals surface area contributed by atoms with Gasteiger partial charge in [0, 0.05) is 6.07 Å². The normalized spacial score (nSPS) is 9.55. The third kappa shape index (κ3) is 2.88. The zero-order chi connectivity index (χ0) is 14.5. The number of hydrogen-bond acceptors (Lipinski definition) is 4. The van der Waals surface area contributed by atoms with E-state index in [0.29, 0.717) is 29.2 Å². The molecule has 4 heteroatoms. The Hall–Kier alpha value is -2.98. The first kappa shape index (κ1) is 13.5. The molecule has 20 heavy (non-hydrogen) atoms. The quantitative estimate of drug-likeness (QED) is 0.863. The van der Waals surface area contributed by atoms with E-state index in [4.69, 9.17) is 21.0 Å². The van der Waals surface area contributed by atoms with Crippen molar-refractivity contribution in [3.63, 3.8) is 0 Å². The average molecular weight is 263 g/mol. The number of benzene rings is 2. The minimum Gasteiger partial charge on any atom is -0.489 e. The van der Waals surface area contributed by atoms with Gasteiger partial charge in [-0.1, -0.05) is 12.1 Å². The molecule has 0 spiro atoms. The van der Waals surface area contributed by atoms with Crippen LogP contribution in [0.1, 0.15) is 22.3 Å². The molecule has 0 aromatic heterocycles. The van der Waals surface area contributed by atoms with Gasteiger partial charge in [-0.3, -0.25) is 0 Å². The van der Waals surface area contributed by atoms with Gasteiger partial charge in [0.15, 0.2) is 0 Å². The first-order chi connectivity index (χ1) is 9.63. The van der Waals surface area contributed by atoms with Gasteiger partial charge in [-0.2, -0.15) is 10.5 Å². The van der Waals surface area contributed by atoms with Crippen molar-refractivity contribution in [3.8, 4) is 17.9 Å². The Balaban J connectivity index is 2.17. The summed E-state index contributed by atoms with van der Waals surface area (Å²) in [6, 6.07) is 14.8. The van der Waals surface area contributed by atoms with Gasteiger partial charge < -0.3 is 10.5 Å². The fourth-order valence-electron chi connectivity index (χ4n) is 1.84. The Kier molecular flexibility index (Phi) is 3.88. The van der Waals surface area contributed by atoms with Crippen LogP contribution in [0.4, 0.5) is 5.69 Å². The third-order valence-electron chi connectivity index (χ3n) is 2.94. The van der Waals surface area contributed by atoms with Crippen LogP contribution in [-0.4, -0.2) is 0 Å². The molecule has 0 unspecified atom stereocenters. The highest BCUT2D eigenvalue weighted by molar-refractivity contribution is 5.61. The van der Waals surface area contributed by atoms with Crippen molar-refractivity contribution in [2.75, 3.05) is 5.73 Å². The summed E-state index contributed by atoms with van der Waals surface area (Å²) in [7, 11) is 0. The van der Waals surface area contributed by atoms with Gasteiger partial charge in [0.25, 0.3) is 0 Å². The van der Waals surface area contributed by atoms with Crippen LogP contribution < -0.4 is 10.5 Å². The number of nitrogen functional groups attached to an aromatic ring is 1. The minimum absolute atomic E-state index is 0.337. The second-order valence-electron chi connectivity index (χ2n) is 4.41. The van der Waals surface area contributed by atoms with Crippen LogP contribution in [0.15, 0.2) is 36.4 Å². The van der Waals surface area contributed by atoms with Crippen LogP contribution >= 0.6 is 0 Å². The van der Waals surface area contributed by atoms with Gasteiger partial charge in [-0.25, -0.2) is 0 Å². The monoisotopic (exact) mass is 263 g/mol. The Morgan fingerprint density at radius 1 is 1.15 bits per heavy atom. The molecule has 0 saturated heterocycles. The highest BCUT2D eigenvalue weighted by Crippen LogP contribution is 2.24. The number of rotatable bonds is 3. The molecule has 0 aliphatic heterocycles. The standard InChI is InChI=1S/C16H13N3O/c1-11-5-15(7-14(9-18)16(11)19)20-10-13-4-2-3-12(6-13)8-17/h2-7H,10,19H2,1H3. The van der Waals surface area contributed by atoms with Crippen molar-refractivity contribution in [2.24, 2.45) is 0 Å². The molecule has 0 atom stereocenters. The van der Waals surface area contributed by atoms with Crippen molar-refractivity contribution in [2.45, 2.75) is 13.5 Å². The highest BCUT2D eigenvalue weighted by Gasteiger charge is 2.06. The minimum atomic E-state index is 0.337. The number of ether oxygens (including phenoxy) is 1. The van der Waals surface area contributed by atoms with Crippen LogP contribution in [0, 0.1) is 29.6 Å². The molecule has 0 radical (unpaired) electrons. The Morgan fingerprint density at radius 2 is 1.95 bits per heavy atom. The second kappa shape index (κ2) is 5.77. The van der Waals surface area contributed by atoms with Crippen molar-refractivity contribution in [1.29, 1.82) is 10.5 Å². The molecular formula is C16H13N3O. The zero-order valence-electron chi connectivity index (χ0n) is 11.1. The molecule has 98 valence electrons. The number of anilines is 1. The third-order valence-corrected chi connectivity index (χ3v) is 2.94. The van der Waals surface area contributed by atoms with E-state index in [2.05, 4.69) is 6.07 Å². The fraction of sp³-hybridized carbons (Fsp3) is 0.125. The van der Waals surface area contributed by atoms with Crippen LogP contribution in [0.25, 0.3) is 0 Å². The van der Waals surface area contributed by atoms with Crippen LogP contribution in [0.3, 0.4) is 0 Å². The Labute approximate surface area is 117 Å². The van der Waals surface area contributed by atoms with Crippen molar-refractivity contribution >= 4 is 5.69 Å². The predicted octanol–water partition coefficient (Wildman–Crippen LogP) is 2.90. The van der Waals surface area contributed by atoms with E-state index in [1.54, 1.807) is 24.3 Å². The zero-order valence-corrected chi connectivity index (χ0v) is 11.1. The largest absolute Gasteiger partial charge is 0.489 e. The molecule has 0 aliphatic rings. The second-order valence-corrected chi connectivity index (χ2v) is 4.41. The first-order valence-corrected chi connectivity index (χ1v) is 6.06. The van der Waals surface area contributed by atoms with Crippen LogP contribution in [-0.2, 0) is 6.61 Å². The smallest absolute Gasteiger partial charge is 0.121 e. The summed E-state index contributed by atoms with van der Waals surface area (Å²) in [4.78, 5) is 0. The summed E-state index contributed by atoms with van der Waals surface area (Å²) in [5, 5.41) is 17.8. The molecule has 2 rings (SSSR count). The molecule has 0 aliphatic carbocycles. The molecule has 2 aromatic rings. The maximum atomic E-state index is 9.00. The van der Waals surface area contributed by atoms with Crippen molar-refractivity contribution < 1.29 is 4.74 Å². The van der Waals surface area contributed by atoms with Gasteiger partial charge in [0.05, 0.1) is 22.9 Å². The van der Waals surface area contributed by atoms with E-state index in [9.17, 15) is 0 Å². The molecule has 2 N–H and O–H groups in total. The topological polar surface area (TPSA) is 82.8 Å². The lowest BCUT2D eigenvalue weighted by Crippen LogP contribution is -1.99. The predicted molar refractivity (Wildman–Crippen MR) is 75.8 cm³/mol. The number of nitrogens with zero attached hydrogens (tertiary/aromatic N) is 2. The molecule has 0 fully saturated rings. The molecule has 0 heterocycles. The molecular weight excluding hydrogens is 250 g/mol. The van der Waals surface area contributed by atoms with Gasteiger partial charge in [0.2, 0.25) is 0 Å². The maximum Gasteiger partial charge on any atom is 0.121 e. The van der Waals surface area contributed by atoms with E-state index in [1.165, 1.54) is 0 Å².